The van der Waals surface area contributed by atoms with Crippen molar-refractivity contribution < 1.29 is 19.1 Å². The van der Waals surface area contributed by atoms with Crippen LogP contribution in [0, 0.1) is 0 Å². The topological polar surface area (TPSA) is 78.9 Å². The van der Waals surface area contributed by atoms with Gasteiger partial charge in [-0.2, -0.15) is 0 Å². The molecule has 1 aliphatic heterocycles. The van der Waals surface area contributed by atoms with Crippen molar-refractivity contribution in [1.29, 1.82) is 0 Å². The van der Waals surface area contributed by atoms with Crippen LogP contribution in [0.2, 0.25) is 5.02 Å². The maximum Gasteiger partial charge on any atom is 0.337 e. The van der Waals surface area contributed by atoms with Crippen LogP contribution in [0.25, 0.3) is 0 Å². The molecule has 1 aliphatic rings. The molecule has 0 aromatic heterocycles. The highest BCUT2D eigenvalue weighted by Crippen LogP contribution is 2.29. The number of carbonyl (C=O) groups is 3. The van der Waals surface area contributed by atoms with Gasteiger partial charge in [0, 0.05) is 17.3 Å². The average Bonchev–Trinajstić information content (AvgIpc) is 3.12. The van der Waals surface area contributed by atoms with Gasteiger partial charge in [0.2, 0.25) is 5.91 Å². The Labute approximate surface area is 219 Å². The molecule has 0 saturated carbocycles. The zero-order chi connectivity index (χ0) is 25.7. The fraction of sp³-hybridized carbons (Fsp3) is 0.185. The predicted molar refractivity (Wildman–Crippen MR) is 143 cm³/mol. The maximum atomic E-state index is 13.5. The van der Waals surface area contributed by atoms with Crippen LogP contribution in [0.1, 0.15) is 22.3 Å². The van der Waals surface area contributed by atoms with E-state index in [-0.39, 0.29) is 18.2 Å². The van der Waals surface area contributed by atoms with E-state index in [0.29, 0.717) is 40.0 Å². The number of rotatable bonds is 8. The molecule has 9 heteroatoms. The fourth-order valence-electron chi connectivity index (χ4n) is 4.00. The number of thiocarbonyl (C=S) groups is 1. The Hall–Kier alpha value is -3.75. The number of esters is 1. The SMILES string of the molecule is COC(=O)c1ccc(NC(=O)C[C@H]2C(=O)N(c3ccc(Cl)cc3)C(=S)N2CCc2ccccc2)cc1. The van der Waals surface area contributed by atoms with Gasteiger partial charge in [-0.3, -0.25) is 14.5 Å². The Morgan fingerprint density at radius 3 is 2.31 bits per heavy atom. The number of nitrogens with one attached hydrogen (secondary N) is 1. The summed E-state index contributed by atoms with van der Waals surface area (Å²) in [6, 6.07) is 22.3. The number of methoxy groups -OCH3 is 1. The highest BCUT2D eigenvalue weighted by molar-refractivity contribution is 7.80. The molecular formula is C27H24ClN3O4S. The summed E-state index contributed by atoms with van der Waals surface area (Å²) in [5, 5.41) is 3.69. The van der Waals surface area contributed by atoms with Crippen molar-refractivity contribution >= 4 is 58.1 Å². The van der Waals surface area contributed by atoms with Crippen molar-refractivity contribution in [3.63, 3.8) is 0 Å². The van der Waals surface area contributed by atoms with Crippen molar-refractivity contribution in [3.8, 4) is 0 Å². The van der Waals surface area contributed by atoms with Crippen molar-refractivity contribution in [2.75, 3.05) is 23.9 Å². The normalized spacial score (nSPS) is 15.2. The third-order valence-corrected chi connectivity index (χ3v) is 6.53. The number of hydrogen-bond acceptors (Lipinski definition) is 5. The van der Waals surface area contributed by atoms with Gasteiger partial charge in [-0.25, -0.2) is 4.79 Å². The van der Waals surface area contributed by atoms with Crippen LogP contribution in [-0.4, -0.2) is 47.5 Å². The predicted octanol–water partition coefficient (Wildman–Crippen LogP) is 4.70. The molecule has 0 bridgehead atoms. The number of ether oxygens (including phenoxy) is 1. The second kappa shape index (κ2) is 11.3. The van der Waals surface area contributed by atoms with E-state index in [9.17, 15) is 14.4 Å². The largest absolute Gasteiger partial charge is 0.465 e. The summed E-state index contributed by atoms with van der Waals surface area (Å²) >= 11 is 11.7. The zero-order valence-corrected chi connectivity index (χ0v) is 21.1. The van der Waals surface area contributed by atoms with Gasteiger partial charge in [0.25, 0.3) is 5.91 Å². The summed E-state index contributed by atoms with van der Waals surface area (Å²) in [6.45, 7) is 0.477. The van der Waals surface area contributed by atoms with Gasteiger partial charge in [0.05, 0.1) is 24.8 Å². The molecule has 184 valence electrons. The summed E-state index contributed by atoms with van der Waals surface area (Å²) in [5.41, 5.74) is 2.58. The van der Waals surface area contributed by atoms with Gasteiger partial charge in [-0.05, 0) is 72.7 Å². The molecule has 0 unspecified atom stereocenters. The van der Waals surface area contributed by atoms with Crippen LogP contribution in [0.3, 0.4) is 0 Å². The Morgan fingerprint density at radius 2 is 1.67 bits per heavy atom. The first-order valence-electron chi connectivity index (χ1n) is 11.3. The summed E-state index contributed by atoms with van der Waals surface area (Å²) in [6.07, 6.45) is 0.576. The molecule has 1 N–H and O–H groups in total. The van der Waals surface area contributed by atoms with E-state index in [0.717, 1.165) is 5.56 Å². The molecule has 1 fully saturated rings. The van der Waals surface area contributed by atoms with E-state index >= 15 is 0 Å². The van der Waals surface area contributed by atoms with E-state index in [1.54, 1.807) is 53.4 Å². The summed E-state index contributed by atoms with van der Waals surface area (Å²) in [4.78, 5) is 41.3. The van der Waals surface area contributed by atoms with Gasteiger partial charge in [-0.1, -0.05) is 41.9 Å². The minimum absolute atomic E-state index is 0.0867. The Bertz CT molecular complexity index is 1270. The lowest BCUT2D eigenvalue weighted by Gasteiger charge is -2.24. The Kier molecular flexibility index (Phi) is 7.97. The second-order valence-electron chi connectivity index (χ2n) is 8.20. The highest BCUT2D eigenvalue weighted by Gasteiger charge is 2.43. The van der Waals surface area contributed by atoms with Crippen molar-refractivity contribution in [2.24, 2.45) is 0 Å². The zero-order valence-electron chi connectivity index (χ0n) is 19.5. The Balaban J connectivity index is 1.52. The van der Waals surface area contributed by atoms with Crippen molar-refractivity contribution in [1.82, 2.24) is 4.90 Å². The molecule has 1 atom stereocenters. The Morgan fingerprint density at radius 1 is 1.00 bits per heavy atom. The third kappa shape index (κ3) is 5.72. The highest BCUT2D eigenvalue weighted by atomic mass is 35.5. The second-order valence-corrected chi connectivity index (χ2v) is 9.00. The van der Waals surface area contributed by atoms with Gasteiger partial charge in [0.15, 0.2) is 5.11 Å². The number of halogens is 1. The lowest BCUT2D eigenvalue weighted by atomic mass is 10.1. The van der Waals surface area contributed by atoms with Crippen LogP contribution >= 0.6 is 23.8 Å². The number of carbonyl (C=O) groups excluding carboxylic acids is 3. The summed E-state index contributed by atoms with van der Waals surface area (Å²) in [5.74, 6) is -1.08. The van der Waals surface area contributed by atoms with Gasteiger partial charge >= 0.3 is 5.97 Å². The van der Waals surface area contributed by atoms with E-state index < -0.39 is 12.0 Å². The number of anilines is 2. The van der Waals surface area contributed by atoms with Crippen LogP contribution < -0.4 is 10.2 Å². The molecule has 1 saturated heterocycles. The first-order valence-corrected chi connectivity index (χ1v) is 12.1. The fourth-order valence-corrected chi connectivity index (χ4v) is 4.54. The lowest BCUT2D eigenvalue weighted by Crippen LogP contribution is -2.39. The molecule has 0 aliphatic carbocycles. The number of benzene rings is 3. The minimum Gasteiger partial charge on any atom is -0.465 e. The smallest absolute Gasteiger partial charge is 0.337 e. The van der Waals surface area contributed by atoms with Crippen LogP contribution in [-0.2, 0) is 20.7 Å². The molecule has 3 aromatic rings. The first kappa shape index (κ1) is 25.3. The van der Waals surface area contributed by atoms with E-state index in [1.807, 2.05) is 30.3 Å². The van der Waals surface area contributed by atoms with Crippen LogP contribution in [0.5, 0.6) is 0 Å². The van der Waals surface area contributed by atoms with Gasteiger partial charge < -0.3 is 15.0 Å². The van der Waals surface area contributed by atoms with Crippen LogP contribution in [0.4, 0.5) is 11.4 Å². The van der Waals surface area contributed by atoms with E-state index in [4.69, 9.17) is 28.6 Å². The van der Waals surface area contributed by atoms with E-state index in [1.165, 1.54) is 12.0 Å². The first-order chi connectivity index (χ1) is 17.4. The maximum absolute atomic E-state index is 13.5. The third-order valence-electron chi connectivity index (χ3n) is 5.86. The molecule has 3 aromatic carbocycles. The number of nitrogens with zero attached hydrogens (tertiary/aromatic N) is 2. The molecule has 4 rings (SSSR count). The van der Waals surface area contributed by atoms with Crippen LogP contribution in [0.15, 0.2) is 78.9 Å². The van der Waals surface area contributed by atoms with Gasteiger partial charge in [0.1, 0.15) is 6.04 Å². The summed E-state index contributed by atoms with van der Waals surface area (Å²) < 4.78 is 4.69. The minimum atomic E-state index is -0.758. The molecule has 7 nitrogen and oxygen atoms in total. The molecule has 0 spiro atoms. The molecule has 2 amide bonds. The number of amides is 2. The number of hydrogen-bond donors (Lipinski definition) is 1. The van der Waals surface area contributed by atoms with E-state index in [2.05, 4.69) is 5.32 Å². The molecule has 1 heterocycles. The molecule has 36 heavy (non-hydrogen) atoms. The standard InChI is InChI=1S/C27H24ClN3O4S/c1-35-26(34)19-7-11-21(12-8-19)29-24(32)17-23-25(33)31(22-13-9-20(28)10-14-22)27(36)30(23)16-15-18-5-3-2-4-6-18/h2-14,23H,15-17H2,1H3,(H,29,32)/t23-/m0/s1. The monoisotopic (exact) mass is 521 g/mol. The average molecular weight is 522 g/mol. The molecule has 0 radical (unpaired) electrons. The quantitative estimate of drug-likeness (QED) is 0.342. The van der Waals surface area contributed by atoms with Gasteiger partial charge in [-0.15, -0.1) is 0 Å². The molecular weight excluding hydrogens is 498 g/mol. The van der Waals surface area contributed by atoms with Crippen molar-refractivity contribution in [3.05, 3.63) is 95.0 Å². The lowest BCUT2D eigenvalue weighted by molar-refractivity contribution is -0.124. The summed E-state index contributed by atoms with van der Waals surface area (Å²) in [7, 11) is 1.30. The van der Waals surface area contributed by atoms with Crippen molar-refractivity contribution in [2.45, 2.75) is 18.9 Å².